The lowest BCUT2D eigenvalue weighted by Crippen LogP contribution is -2.32. The number of rotatable bonds is 8. The van der Waals surface area contributed by atoms with E-state index >= 15 is 0 Å². The molecule has 3 aromatic heterocycles. The highest BCUT2D eigenvalue weighted by Gasteiger charge is 2.22. The number of nitrogens with one attached hydrogen (secondary N) is 2. The molecule has 0 unspecified atom stereocenters. The first-order valence-electron chi connectivity index (χ1n) is 11.3. The molecule has 0 spiro atoms. The lowest BCUT2D eigenvalue weighted by Gasteiger charge is -2.19. The number of fused-ring (bicyclic) bond motifs is 1. The van der Waals surface area contributed by atoms with Crippen molar-refractivity contribution in [1.82, 2.24) is 30.0 Å². The summed E-state index contributed by atoms with van der Waals surface area (Å²) in [6.45, 7) is 5.83. The summed E-state index contributed by atoms with van der Waals surface area (Å²) in [7, 11) is 0. The van der Waals surface area contributed by atoms with E-state index in [0.29, 0.717) is 41.6 Å². The van der Waals surface area contributed by atoms with Gasteiger partial charge in [0.1, 0.15) is 41.9 Å². The lowest BCUT2D eigenvalue weighted by atomic mass is 10.2. The van der Waals surface area contributed by atoms with E-state index in [2.05, 4.69) is 30.5 Å². The number of pyridine rings is 1. The number of aryl methyl sites for hydroxylation is 2. The molecule has 4 aromatic rings. The fraction of sp³-hybridized carbons (Fsp3) is 0.333. The van der Waals surface area contributed by atoms with Gasteiger partial charge in [-0.2, -0.15) is 0 Å². The third-order valence-corrected chi connectivity index (χ3v) is 5.82. The Labute approximate surface area is 197 Å². The van der Waals surface area contributed by atoms with Crippen LogP contribution in [0.5, 0.6) is 17.4 Å². The number of aromatic amines is 1. The molecular weight excluding hydrogens is 434 g/mol. The van der Waals surface area contributed by atoms with Crippen molar-refractivity contribution in [3.8, 4) is 17.4 Å². The largest absolute Gasteiger partial charge is 0.475 e. The van der Waals surface area contributed by atoms with E-state index in [4.69, 9.17) is 9.47 Å². The van der Waals surface area contributed by atoms with Gasteiger partial charge in [-0.1, -0.05) is 0 Å². The molecule has 34 heavy (non-hydrogen) atoms. The van der Waals surface area contributed by atoms with Gasteiger partial charge in [-0.15, -0.1) is 5.10 Å². The predicted molar refractivity (Wildman–Crippen MR) is 128 cm³/mol. The van der Waals surface area contributed by atoms with E-state index in [-0.39, 0.29) is 0 Å². The third kappa shape index (κ3) is 4.78. The Balaban J connectivity index is 1.30. The van der Waals surface area contributed by atoms with Crippen molar-refractivity contribution in [3.63, 3.8) is 0 Å². The second-order valence-corrected chi connectivity index (χ2v) is 8.32. The zero-order valence-electron chi connectivity index (χ0n) is 19.2. The molecule has 1 aromatic carbocycles. The fourth-order valence-electron chi connectivity index (χ4n) is 3.98. The summed E-state index contributed by atoms with van der Waals surface area (Å²) in [6, 6.07) is 9.63. The highest BCUT2D eigenvalue weighted by atomic mass is 16.5. The Morgan fingerprint density at radius 1 is 1.18 bits per heavy atom. The molecule has 1 fully saturated rings. The van der Waals surface area contributed by atoms with E-state index in [0.717, 1.165) is 42.1 Å². The summed E-state index contributed by atoms with van der Waals surface area (Å²) in [6.07, 6.45) is 4.60. The van der Waals surface area contributed by atoms with Gasteiger partial charge in [0.25, 0.3) is 0 Å². The van der Waals surface area contributed by atoms with Gasteiger partial charge in [0, 0.05) is 24.5 Å². The molecule has 0 radical (unpaired) electrons. The fourth-order valence-corrected chi connectivity index (χ4v) is 3.98. The first-order valence-corrected chi connectivity index (χ1v) is 11.3. The van der Waals surface area contributed by atoms with Gasteiger partial charge in [0.05, 0.1) is 6.20 Å². The molecule has 0 amide bonds. The topological polar surface area (TPSA) is 121 Å². The number of nitrogens with zero attached hydrogens (tertiary/aromatic N) is 5. The van der Waals surface area contributed by atoms with E-state index in [1.807, 2.05) is 49.1 Å². The van der Waals surface area contributed by atoms with Gasteiger partial charge in [-0.3, -0.25) is 15.0 Å². The maximum Gasteiger partial charge on any atom is 0.246 e. The van der Waals surface area contributed by atoms with Crippen molar-refractivity contribution in [2.75, 3.05) is 25.0 Å². The normalized spacial score (nSPS) is 16.1. The van der Waals surface area contributed by atoms with E-state index < -0.39 is 6.23 Å². The Morgan fingerprint density at radius 3 is 2.85 bits per heavy atom. The molecule has 176 valence electrons. The van der Waals surface area contributed by atoms with Crippen LogP contribution < -0.4 is 14.8 Å². The number of H-pyrrole nitrogens is 1. The van der Waals surface area contributed by atoms with Crippen LogP contribution in [0.25, 0.3) is 11.0 Å². The van der Waals surface area contributed by atoms with Crippen LogP contribution in [0.4, 0.5) is 11.5 Å². The second kappa shape index (κ2) is 9.62. The Morgan fingerprint density at radius 2 is 2.09 bits per heavy atom. The van der Waals surface area contributed by atoms with Gasteiger partial charge in [-0.05, 0) is 62.6 Å². The zero-order chi connectivity index (χ0) is 23.5. The quantitative estimate of drug-likeness (QED) is 0.361. The van der Waals surface area contributed by atoms with Crippen LogP contribution in [0, 0.1) is 13.8 Å². The molecule has 0 aliphatic carbocycles. The molecule has 10 nitrogen and oxygen atoms in total. The maximum atomic E-state index is 9.97. The SMILES string of the molecule is Cc1ccc(Oc2ccc(Nc3ncnc4[nH]nc(OCCN5CCC[C@H]5O)c34)cc2C)cn1. The molecule has 0 bridgehead atoms. The van der Waals surface area contributed by atoms with Crippen molar-refractivity contribution in [2.24, 2.45) is 0 Å². The van der Waals surface area contributed by atoms with Crippen molar-refractivity contribution in [1.29, 1.82) is 0 Å². The number of hydrogen-bond donors (Lipinski definition) is 3. The molecule has 5 rings (SSSR count). The van der Waals surface area contributed by atoms with E-state index in [1.54, 1.807) is 6.20 Å². The standard InChI is InChI=1S/C24H27N7O3/c1-15-12-17(6-8-19(15)34-18-7-5-16(2)25-13-18)28-22-21-23(27-14-26-22)29-30-24(21)33-11-10-31-9-3-4-20(31)32/h5-8,12-14,20,32H,3-4,9-11H2,1-2H3,(H2,26,27,28,29,30)/t20-/m1/s1. The van der Waals surface area contributed by atoms with Crippen molar-refractivity contribution in [2.45, 2.75) is 32.9 Å². The maximum absolute atomic E-state index is 9.97. The van der Waals surface area contributed by atoms with Gasteiger partial charge < -0.3 is 19.9 Å². The Hall–Kier alpha value is -3.76. The summed E-state index contributed by atoms with van der Waals surface area (Å²) in [4.78, 5) is 14.9. The summed E-state index contributed by atoms with van der Waals surface area (Å²) in [5.41, 5.74) is 3.33. The van der Waals surface area contributed by atoms with Crippen molar-refractivity contribution >= 4 is 22.5 Å². The highest BCUT2D eigenvalue weighted by molar-refractivity contribution is 5.92. The number of benzene rings is 1. The molecule has 3 N–H and O–H groups in total. The number of anilines is 2. The van der Waals surface area contributed by atoms with Gasteiger partial charge in [0.2, 0.25) is 5.88 Å². The lowest BCUT2D eigenvalue weighted by molar-refractivity contribution is 0.0298. The van der Waals surface area contributed by atoms with Crippen LogP contribution in [-0.2, 0) is 0 Å². The first-order chi connectivity index (χ1) is 16.6. The van der Waals surface area contributed by atoms with Crippen molar-refractivity contribution < 1.29 is 14.6 Å². The van der Waals surface area contributed by atoms with Crippen LogP contribution in [0.3, 0.4) is 0 Å². The van der Waals surface area contributed by atoms with Gasteiger partial charge in [-0.25, -0.2) is 9.97 Å². The van der Waals surface area contributed by atoms with Crippen LogP contribution in [-0.4, -0.2) is 61.1 Å². The number of aromatic nitrogens is 5. The van der Waals surface area contributed by atoms with Crippen LogP contribution in [0.2, 0.25) is 0 Å². The number of likely N-dealkylation sites (tertiary alicyclic amines) is 1. The zero-order valence-corrected chi connectivity index (χ0v) is 19.2. The molecule has 0 saturated carbocycles. The Bertz CT molecular complexity index is 1280. The molecule has 10 heteroatoms. The minimum absolute atomic E-state index is 0.391. The Kier molecular flexibility index (Phi) is 6.24. The smallest absolute Gasteiger partial charge is 0.246 e. The summed E-state index contributed by atoms with van der Waals surface area (Å²) >= 11 is 0. The molecule has 1 aliphatic rings. The molecule has 1 saturated heterocycles. The van der Waals surface area contributed by atoms with Crippen molar-refractivity contribution in [3.05, 3.63) is 54.1 Å². The number of hydrogen-bond acceptors (Lipinski definition) is 9. The van der Waals surface area contributed by atoms with Gasteiger partial charge in [0.15, 0.2) is 5.65 Å². The van der Waals surface area contributed by atoms with E-state index in [9.17, 15) is 5.11 Å². The van der Waals surface area contributed by atoms with Crippen LogP contribution in [0.15, 0.2) is 42.9 Å². The number of aliphatic hydroxyl groups is 1. The number of aliphatic hydroxyl groups excluding tert-OH is 1. The monoisotopic (exact) mass is 461 g/mol. The molecule has 4 heterocycles. The minimum atomic E-state index is -0.391. The van der Waals surface area contributed by atoms with Crippen LogP contribution in [0.1, 0.15) is 24.1 Å². The van der Waals surface area contributed by atoms with E-state index in [1.165, 1.54) is 6.33 Å². The molecular formula is C24H27N7O3. The first kappa shape index (κ1) is 22.1. The third-order valence-electron chi connectivity index (χ3n) is 5.82. The average molecular weight is 462 g/mol. The summed E-state index contributed by atoms with van der Waals surface area (Å²) in [5, 5.41) is 21.2. The predicted octanol–water partition coefficient (Wildman–Crippen LogP) is 3.69. The summed E-state index contributed by atoms with van der Waals surface area (Å²) < 4.78 is 11.9. The highest BCUT2D eigenvalue weighted by Crippen LogP contribution is 2.32. The van der Waals surface area contributed by atoms with Crippen LogP contribution >= 0.6 is 0 Å². The molecule has 1 atom stereocenters. The second-order valence-electron chi connectivity index (χ2n) is 8.32. The summed E-state index contributed by atoms with van der Waals surface area (Å²) in [5.74, 6) is 2.45. The molecule has 1 aliphatic heterocycles. The number of ether oxygens (including phenoxy) is 2. The average Bonchev–Trinajstić information content (AvgIpc) is 3.44. The van der Waals surface area contributed by atoms with Gasteiger partial charge >= 0.3 is 0 Å². The minimum Gasteiger partial charge on any atom is -0.475 e.